The van der Waals surface area contributed by atoms with Gasteiger partial charge in [0.1, 0.15) is 12.2 Å². The zero-order valence-corrected chi connectivity index (χ0v) is 14.9. The van der Waals surface area contributed by atoms with Gasteiger partial charge in [0.2, 0.25) is 0 Å². The first-order chi connectivity index (χ1) is 13.2. The highest BCUT2D eigenvalue weighted by Crippen LogP contribution is 2.16. The number of hydrogen-bond acceptors (Lipinski definition) is 8. The van der Waals surface area contributed by atoms with E-state index in [1.807, 2.05) is 0 Å². The summed E-state index contributed by atoms with van der Waals surface area (Å²) in [5.74, 6) is -1.44. The molecule has 10 nitrogen and oxygen atoms in total. The molecule has 0 aliphatic carbocycles. The number of ether oxygens (including phenoxy) is 2. The predicted molar refractivity (Wildman–Crippen MR) is 95.9 cm³/mol. The third-order valence-corrected chi connectivity index (χ3v) is 3.87. The minimum Gasteiger partial charge on any atom is -0.455 e. The fourth-order valence-electron chi connectivity index (χ4n) is 2.10. The molecule has 0 aromatic heterocycles. The van der Waals surface area contributed by atoms with Gasteiger partial charge in [0.25, 0.3) is 11.4 Å². The third-order valence-electron chi connectivity index (χ3n) is 3.87. The second kappa shape index (κ2) is 8.71. The lowest BCUT2D eigenvalue weighted by Crippen LogP contribution is -2.30. The van der Waals surface area contributed by atoms with Gasteiger partial charge in [-0.05, 0) is 38.1 Å². The van der Waals surface area contributed by atoms with E-state index < -0.39 is 34.0 Å². The molecule has 0 aliphatic rings. The van der Waals surface area contributed by atoms with Gasteiger partial charge in [0.15, 0.2) is 0 Å². The van der Waals surface area contributed by atoms with Gasteiger partial charge in [0, 0.05) is 24.3 Å². The molecule has 0 unspecified atom stereocenters. The van der Waals surface area contributed by atoms with Crippen molar-refractivity contribution in [2.45, 2.75) is 26.1 Å². The van der Waals surface area contributed by atoms with Crippen molar-refractivity contribution < 1.29 is 28.9 Å². The molecule has 0 radical (unpaired) electrons. The number of benzene rings is 2. The van der Waals surface area contributed by atoms with Crippen molar-refractivity contribution >= 4 is 23.3 Å². The fraction of sp³-hybridized carbons (Fsp3) is 0.222. The molecule has 0 N–H and O–H groups in total. The summed E-state index contributed by atoms with van der Waals surface area (Å²) in [6.07, 6.45) is -1.60. The van der Waals surface area contributed by atoms with Crippen LogP contribution >= 0.6 is 0 Å². The first-order valence-corrected chi connectivity index (χ1v) is 8.10. The Morgan fingerprint density at radius 2 is 1.00 bits per heavy atom. The molecule has 10 heteroatoms. The minimum atomic E-state index is -0.801. The number of esters is 2. The Balaban J connectivity index is 1.94. The van der Waals surface area contributed by atoms with E-state index >= 15 is 0 Å². The highest BCUT2D eigenvalue weighted by molar-refractivity contribution is 5.90. The minimum absolute atomic E-state index is 0.117. The van der Waals surface area contributed by atoms with Gasteiger partial charge >= 0.3 is 11.9 Å². The van der Waals surface area contributed by atoms with Crippen LogP contribution in [0.4, 0.5) is 11.4 Å². The van der Waals surface area contributed by atoms with E-state index in [2.05, 4.69) is 0 Å². The number of rotatable bonds is 7. The maximum Gasteiger partial charge on any atom is 0.338 e. The molecule has 146 valence electrons. The molecule has 0 heterocycles. The number of carbonyl (C=O) groups excluding carboxylic acids is 2. The van der Waals surface area contributed by atoms with Gasteiger partial charge in [-0.25, -0.2) is 9.59 Å². The largest absolute Gasteiger partial charge is 0.455 e. The topological polar surface area (TPSA) is 139 Å². The third kappa shape index (κ3) is 5.10. The molecule has 28 heavy (non-hydrogen) atoms. The zero-order chi connectivity index (χ0) is 20.8. The lowest BCUT2D eigenvalue weighted by molar-refractivity contribution is -0.385. The van der Waals surface area contributed by atoms with Crippen LogP contribution in [0, 0.1) is 20.2 Å². The number of hydrogen-bond donors (Lipinski definition) is 0. The fourth-order valence-corrected chi connectivity index (χ4v) is 2.10. The second-order valence-electron chi connectivity index (χ2n) is 5.83. The number of nitro groups is 2. The van der Waals surface area contributed by atoms with E-state index in [0.29, 0.717) is 0 Å². The Morgan fingerprint density at radius 1 is 0.714 bits per heavy atom. The summed E-state index contributed by atoms with van der Waals surface area (Å²) in [6, 6.07) is 9.78. The van der Waals surface area contributed by atoms with Crippen LogP contribution in [0.5, 0.6) is 0 Å². The molecular weight excluding hydrogens is 372 g/mol. The smallest absolute Gasteiger partial charge is 0.338 e. The van der Waals surface area contributed by atoms with E-state index in [1.54, 1.807) is 0 Å². The van der Waals surface area contributed by atoms with Crippen molar-refractivity contribution in [2.24, 2.45) is 0 Å². The van der Waals surface area contributed by atoms with Gasteiger partial charge in [-0.15, -0.1) is 0 Å². The van der Waals surface area contributed by atoms with E-state index in [0.717, 1.165) is 0 Å². The molecule has 0 bridgehead atoms. The van der Waals surface area contributed by atoms with Crippen molar-refractivity contribution in [2.75, 3.05) is 0 Å². The van der Waals surface area contributed by atoms with Crippen molar-refractivity contribution in [3.8, 4) is 0 Å². The molecular formula is C18H16N2O8. The van der Waals surface area contributed by atoms with Crippen LogP contribution < -0.4 is 0 Å². The van der Waals surface area contributed by atoms with E-state index in [9.17, 15) is 29.8 Å². The summed E-state index contributed by atoms with van der Waals surface area (Å²) >= 11 is 0. The van der Waals surface area contributed by atoms with E-state index in [-0.39, 0.29) is 22.5 Å². The Hall–Kier alpha value is -3.82. The lowest BCUT2D eigenvalue weighted by atomic mass is 10.2. The molecule has 0 fully saturated rings. The number of nitrogens with zero attached hydrogens (tertiary/aromatic N) is 2. The van der Waals surface area contributed by atoms with E-state index in [1.165, 1.54) is 62.4 Å². The summed E-state index contributed by atoms with van der Waals surface area (Å²) < 4.78 is 10.4. The highest BCUT2D eigenvalue weighted by Gasteiger charge is 2.23. The SMILES string of the molecule is C[C@H](OC(=O)c1ccc([N+](=O)[O-])cc1)[C@H](C)OC(=O)c1ccc([N+](=O)[O-])cc1. The van der Waals surface area contributed by atoms with Gasteiger partial charge in [-0.3, -0.25) is 20.2 Å². The molecule has 0 spiro atoms. The summed E-state index contributed by atoms with van der Waals surface area (Å²) in [5, 5.41) is 21.3. The van der Waals surface area contributed by atoms with Gasteiger partial charge in [-0.2, -0.15) is 0 Å². The second-order valence-corrected chi connectivity index (χ2v) is 5.83. The Morgan fingerprint density at radius 3 is 1.25 bits per heavy atom. The molecule has 0 saturated heterocycles. The van der Waals surface area contributed by atoms with Crippen molar-refractivity contribution in [1.82, 2.24) is 0 Å². The molecule has 2 atom stereocenters. The Labute approximate surface area is 159 Å². The Bertz CT molecular complexity index is 817. The van der Waals surface area contributed by atoms with Gasteiger partial charge in [-0.1, -0.05) is 0 Å². The average molecular weight is 388 g/mol. The van der Waals surface area contributed by atoms with Crippen LogP contribution in [0.15, 0.2) is 48.5 Å². The van der Waals surface area contributed by atoms with Crippen LogP contribution in [-0.4, -0.2) is 34.0 Å². The highest BCUT2D eigenvalue weighted by atomic mass is 16.6. The predicted octanol–water partition coefficient (Wildman–Crippen LogP) is 3.29. The molecule has 2 rings (SSSR count). The van der Waals surface area contributed by atoms with Gasteiger partial charge < -0.3 is 9.47 Å². The maximum absolute atomic E-state index is 12.1. The van der Waals surface area contributed by atoms with Crippen LogP contribution in [0.3, 0.4) is 0 Å². The molecule has 0 saturated carbocycles. The monoisotopic (exact) mass is 388 g/mol. The molecule has 0 amide bonds. The van der Waals surface area contributed by atoms with Crippen molar-refractivity contribution in [3.05, 3.63) is 79.9 Å². The zero-order valence-electron chi connectivity index (χ0n) is 14.9. The van der Waals surface area contributed by atoms with Crippen LogP contribution in [0.25, 0.3) is 0 Å². The number of carbonyl (C=O) groups is 2. The summed E-state index contributed by atoms with van der Waals surface area (Å²) in [4.78, 5) is 44.3. The van der Waals surface area contributed by atoms with Crippen LogP contribution in [0.2, 0.25) is 0 Å². The molecule has 0 aliphatic heterocycles. The standard InChI is InChI=1S/C18H16N2O8/c1-11(27-17(21)13-3-7-15(8-4-13)19(23)24)12(2)28-18(22)14-5-9-16(10-6-14)20(25)26/h3-12H,1-2H3/t11-,12-/m0/s1. The first kappa shape index (κ1) is 20.5. The van der Waals surface area contributed by atoms with Crippen LogP contribution in [0.1, 0.15) is 34.6 Å². The molecule has 2 aromatic rings. The summed E-state index contributed by atoms with van der Waals surface area (Å²) in [7, 11) is 0. The number of non-ortho nitro benzene ring substituents is 2. The quantitative estimate of drug-likeness (QED) is 0.400. The summed E-state index contributed by atoms with van der Waals surface area (Å²) in [5.41, 5.74) is -0.0809. The normalized spacial score (nSPS) is 12.5. The van der Waals surface area contributed by atoms with Gasteiger partial charge in [0.05, 0.1) is 21.0 Å². The van der Waals surface area contributed by atoms with E-state index in [4.69, 9.17) is 9.47 Å². The lowest BCUT2D eigenvalue weighted by Gasteiger charge is -2.20. The maximum atomic E-state index is 12.1. The Kier molecular flexibility index (Phi) is 6.38. The summed E-state index contributed by atoms with van der Waals surface area (Å²) in [6.45, 7) is 3.05. The average Bonchev–Trinajstić information content (AvgIpc) is 2.67. The number of nitro benzene ring substituents is 2. The first-order valence-electron chi connectivity index (χ1n) is 8.10. The molecule has 2 aromatic carbocycles. The van der Waals surface area contributed by atoms with Crippen molar-refractivity contribution in [3.63, 3.8) is 0 Å². The van der Waals surface area contributed by atoms with Crippen LogP contribution in [-0.2, 0) is 9.47 Å². The van der Waals surface area contributed by atoms with Crippen molar-refractivity contribution in [1.29, 1.82) is 0 Å².